The van der Waals surface area contributed by atoms with E-state index in [1.807, 2.05) is 65.8 Å². The number of carbonyl (C=O) groups excluding carboxylic acids is 1. The average molecular weight is 725 g/mol. The molecule has 0 saturated carbocycles. The highest BCUT2D eigenvalue weighted by Crippen LogP contribution is 2.38. The number of piperidine rings is 1. The van der Waals surface area contributed by atoms with Crippen molar-refractivity contribution < 1.29 is 33.1 Å². The third-order valence-electron chi connectivity index (χ3n) is 9.50. The normalized spacial score (nSPS) is 15.0. The Bertz CT molecular complexity index is 1670. The van der Waals surface area contributed by atoms with Gasteiger partial charge in [-0.2, -0.15) is 0 Å². The van der Waals surface area contributed by atoms with Crippen LogP contribution in [0.2, 0.25) is 18.1 Å². The van der Waals surface area contributed by atoms with E-state index in [2.05, 4.69) is 44.3 Å². The van der Waals surface area contributed by atoms with Gasteiger partial charge in [0.05, 0.1) is 29.6 Å². The number of anilines is 1. The molecule has 0 radical (unpaired) electrons. The fraction of sp³-hybridized carbons (Fsp3) is 0.595. The van der Waals surface area contributed by atoms with Gasteiger partial charge < -0.3 is 38.6 Å². The molecule has 13 nitrogen and oxygen atoms in total. The lowest BCUT2D eigenvalue weighted by Gasteiger charge is -2.40. The summed E-state index contributed by atoms with van der Waals surface area (Å²) in [7, 11) is -0.519. The lowest BCUT2D eigenvalue weighted by Crippen LogP contribution is -2.49. The van der Waals surface area contributed by atoms with E-state index in [0.29, 0.717) is 61.3 Å². The topological polar surface area (TPSA) is 152 Å². The van der Waals surface area contributed by atoms with Crippen molar-refractivity contribution in [2.75, 3.05) is 38.6 Å². The summed E-state index contributed by atoms with van der Waals surface area (Å²) < 4.78 is 24.3. The molecule has 2 N–H and O–H groups in total. The zero-order valence-electron chi connectivity index (χ0n) is 32.3. The van der Waals surface area contributed by atoms with Crippen LogP contribution in [0.4, 0.5) is 15.4 Å². The van der Waals surface area contributed by atoms with E-state index in [0.717, 1.165) is 22.4 Å². The van der Waals surface area contributed by atoms with Crippen LogP contribution in [0, 0.1) is 20.8 Å². The molecular formula is C37H56N6O7Si. The molecule has 14 heteroatoms. The molecule has 2 aromatic heterocycles. The predicted octanol–water partition coefficient (Wildman–Crippen LogP) is 7.91. The number of hydrogen-bond donors (Lipinski definition) is 2. The largest absolute Gasteiger partial charge is 0.491 e. The van der Waals surface area contributed by atoms with E-state index in [4.69, 9.17) is 28.4 Å². The fourth-order valence-corrected chi connectivity index (χ4v) is 6.94. The molecule has 1 aliphatic heterocycles. The van der Waals surface area contributed by atoms with E-state index < -0.39 is 32.2 Å². The number of benzene rings is 1. The van der Waals surface area contributed by atoms with Crippen LogP contribution in [-0.2, 0) is 9.16 Å². The molecule has 0 aliphatic carbocycles. The highest BCUT2D eigenvalue weighted by Gasteiger charge is 2.40. The first-order chi connectivity index (χ1) is 23.6. The van der Waals surface area contributed by atoms with Crippen molar-refractivity contribution in [3.05, 3.63) is 41.3 Å². The Balaban J connectivity index is 1.63. The number of carbonyl (C=O) groups is 2. The van der Waals surface area contributed by atoms with E-state index in [1.54, 1.807) is 11.9 Å². The summed E-state index contributed by atoms with van der Waals surface area (Å²) in [5, 5.41) is 17.1. The van der Waals surface area contributed by atoms with Crippen molar-refractivity contribution in [2.45, 2.75) is 111 Å². The maximum absolute atomic E-state index is 12.9. The quantitative estimate of drug-likeness (QED) is 0.186. The first-order valence-electron chi connectivity index (χ1n) is 17.6. The van der Waals surface area contributed by atoms with E-state index in [9.17, 15) is 14.7 Å². The number of nitrogens with zero attached hydrogens (tertiary/aromatic N) is 5. The number of hydrogen-bond acceptors (Lipinski definition) is 10. The third-order valence-corrected chi connectivity index (χ3v) is 14.0. The second kappa shape index (κ2) is 15.6. The molecule has 1 unspecified atom stereocenters. The number of rotatable bonds is 11. The number of likely N-dealkylation sites (tertiary alicyclic amines) is 1. The molecule has 1 saturated heterocycles. The van der Waals surface area contributed by atoms with Crippen molar-refractivity contribution in [3.63, 3.8) is 0 Å². The second-order valence-electron chi connectivity index (χ2n) is 16.0. The molecule has 3 heterocycles. The number of carboxylic acid groups (broad SMARTS) is 1. The van der Waals surface area contributed by atoms with Crippen LogP contribution in [0.15, 0.2) is 28.8 Å². The molecule has 1 atom stereocenters. The maximum Gasteiger partial charge on any atom is 0.410 e. The molecule has 4 rings (SSSR count). The summed E-state index contributed by atoms with van der Waals surface area (Å²) in [4.78, 5) is 37.3. The molecule has 0 bridgehead atoms. The third kappa shape index (κ3) is 10.2. The average Bonchev–Trinajstić information content (AvgIpc) is 3.36. The van der Waals surface area contributed by atoms with Gasteiger partial charge in [0, 0.05) is 37.3 Å². The molecule has 51 heavy (non-hydrogen) atoms. The standard InChI is InChI=1S/C37H56N6O7Si/c1-23-31(30-24(2)41-49-25(30)3)39-33(40-32(23)38-27-16-18-43(19-17-27)34(44)45)26-14-13-15-28(20-26)47-22-29(50-51(11,12)37(7,8)9)21-42(10)35(46)48-36(4,5)6/h13-15,20,27,29H,16-19,21-22H2,1-12H3,(H,44,45)(H,38,39,40). The minimum Gasteiger partial charge on any atom is -0.491 e. The number of amides is 2. The highest BCUT2D eigenvalue weighted by atomic mass is 28.4. The first-order valence-corrected chi connectivity index (χ1v) is 20.5. The van der Waals surface area contributed by atoms with Crippen LogP contribution in [0.25, 0.3) is 22.6 Å². The zero-order valence-corrected chi connectivity index (χ0v) is 33.3. The van der Waals surface area contributed by atoms with Gasteiger partial charge in [0.1, 0.15) is 29.5 Å². The molecule has 1 fully saturated rings. The summed E-state index contributed by atoms with van der Waals surface area (Å²) in [6, 6.07) is 7.66. The highest BCUT2D eigenvalue weighted by molar-refractivity contribution is 6.74. The lowest BCUT2D eigenvalue weighted by atomic mass is 10.0. The van der Waals surface area contributed by atoms with Crippen LogP contribution in [0.3, 0.4) is 0 Å². The first kappa shape index (κ1) is 39.6. The fourth-order valence-electron chi connectivity index (χ4n) is 5.61. The predicted molar refractivity (Wildman–Crippen MR) is 200 cm³/mol. The van der Waals surface area contributed by atoms with Crippen LogP contribution in [0.5, 0.6) is 5.75 Å². The van der Waals surface area contributed by atoms with Crippen molar-refractivity contribution in [1.29, 1.82) is 0 Å². The van der Waals surface area contributed by atoms with Gasteiger partial charge in [-0.1, -0.05) is 38.1 Å². The maximum atomic E-state index is 12.9. The minimum absolute atomic E-state index is 0.0453. The molecule has 1 aliphatic rings. The molecule has 3 aromatic rings. The van der Waals surface area contributed by atoms with Gasteiger partial charge in [-0.25, -0.2) is 19.6 Å². The summed E-state index contributed by atoms with van der Waals surface area (Å²) >= 11 is 0. The van der Waals surface area contributed by atoms with Crippen molar-refractivity contribution in [3.8, 4) is 28.4 Å². The minimum atomic E-state index is -2.23. The number of nitrogens with one attached hydrogen (secondary N) is 1. The van der Waals surface area contributed by atoms with Crippen LogP contribution in [0.1, 0.15) is 71.4 Å². The molecule has 1 aromatic carbocycles. The van der Waals surface area contributed by atoms with Crippen LogP contribution >= 0.6 is 0 Å². The molecule has 0 spiro atoms. The van der Waals surface area contributed by atoms with Crippen molar-refractivity contribution in [1.82, 2.24) is 24.9 Å². The Kier molecular flexibility index (Phi) is 12.1. The molecule has 2 amide bonds. The Morgan fingerprint density at radius 2 is 1.76 bits per heavy atom. The Labute approximate surface area is 303 Å². The van der Waals surface area contributed by atoms with Gasteiger partial charge in [0.2, 0.25) is 0 Å². The van der Waals surface area contributed by atoms with E-state index in [1.165, 1.54) is 4.90 Å². The smallest absolute Gasteiger partial charge is 0.410 e. The Morgan fingerprint density at radius 3 is 2.33 bits per heavy atom. The summed E-state index contributed by atoms with van der Waals surface area (Å²) in [5.41, 5.74) is 3.22. The summed E-state index contributed by atoms with van der Waals surface area (Å²) in [5.74, 6) is 2.42. The van der Waals surface area contributed by atoms with Gasteiger partial charge in [0.15, 0.2) is 14.1 Å². The number of aryl methyl sites for hydroxylation is 2. The zero-order chi connectivity index (χ0) is 37.9. The second-order valence-corrected chi connectivity index (χ2v) is 20.7. The summed E-state index contributed by atoms with van der Waals surface area (Å²) in [6.07, 6.45) is -0.398. The Hall–Kier alpha value is -4.17. The van der Waals surface area contributed by atoms with Crippen LogP contribution in [-0.4, -0.2) is 102 Å². The molecular weight excluding hydrogens is 669 g/mol. The Morgan fingerprint density at radius 1 is 1.10 bits per heavy atom. The number of ether oxygens (including phenoxy) is 2. The van der Waals surface area contributed by atoms with Gasteiger partial charge in [0.25, 0.3) is 0 Å². The molecule has 280 valence electrons. The number of likely N-dealkylation sites (N-methyl/N-ethyl adjacent to an activating group) is 1. The van der Waals surface area contributed by atoms with Crippen LogP contribution < -0.4 is 10.1 Å². The van der Waals surface area contributed by atoms with Crippen molar-refractivity contribution in [2.24, 2.45) is 0 Å². The SMILES string of the molecule is Cc1noc(C)c1-c1nc(-c2cccc(OCC(CN(C)C(=O)OC(C)(C)C)O[Si](C)(C)C(C)(C)C)c2)nc(NC2CCN(C(=O)O)CC2)c1C. The van der Waals surface area contributed by atoms with Crippen molar-refractivity contribution >= 4 is 26.3 Å². The van der Waals surface area contributed by atoms with E-state index >= 15 is 0 Å². The summed E-state index contributed by atoms with van der Waals surface area (Å²) in [6.45, 7) is 23.6. The lowest BCUT2D eigenvalue weighted by molar-refractivity contribution is 0.0172. The van der Waals surface area contributed by atoms with Gasteiger partial charge in [-0.15, -0.1) is 0 Å². The number of aromatic nitrogens is 3. The van der Waals surface area contributed by atoms with Gasteiger partial charge in [-0.05, 0) is 84.6 Å². The monoisotopic (exact) mass is 724 g/mol. The van der Waals surface area contributed by atoms with Gasteiger partial charge >= 0.3 is 12.2 Å². The van der Waals surface area contributed by atoms with E-state index in [-0.39, 0.29) is 17.7 Å². The van der Waals surface area contributed by atoms with Gasteiger partial charge in [-0.3, -0.25) is 0 Å².